The highest BCUT2D eigenvalue weighted by Crippen LogP contribution is 1.92. The molecule has 0 bridgehead atoms. The summed E-state index contributed by atoms with van der Waals surface area (Å²) in [5.41, 5.74) is 0. The van der Waals surface area contributed by atoms with Crippen molar-refractivity contribution in [1.29, 1.82) is 0 Å². The van der Waals surface area contributed by atoms with Crippen LogP contribution >= 0.6 is 0 Å². The highest BCUT2D eigenvalue weighted by molar-refractivity contribution is 4.41. The quantitative estimate of drug-likeness (QED) is 0.350. The number of hydrogen-bond donors (Lipinski definition) is 0. The summed E-state index contributed by atoms with van der Waals surface area (Å²) in [6.07, 6.45) is 1.31. The molecule has 8 nitrogen and oxygen atoms in total. The Balaban J connectivity index is 3.39. The molecule has 0 spiro atoms. The van der Waals surface area contributed by atoms with Crippen molar-refractivity contribution in [2.75, 3.05) is 27.3 Å². The van der Waals surface area contributed by atoms with Crippen LogP contribution in [0.1, 0.15) is 12.8 Å². The summed E-state index contributed by atoms with van der Waals surface area (Å²) in [7, 11) is 2.47. The third-order valence-electron chi connectivity index (χ3n) is 1.31. The topological polar surface area (TPSA) is 95.3 Å². The Morgan fingerprint density at radius 2 is 1.29 bits per heavy atom. The van der Waals surface area contributed by atoms with Gasteiger partial charge in [-0.1, -0.05) is 0 Å². The molecule has 0 aromatic carbocycles. The second kappa shape index (κ2) is 8.02. The lowest BCUT2D eigenvalue weighted by Crippen LogP contribution is -2.00. The van der Waals surface area contributed by atoms with Crippen LogP contribution in [0.4, 0.5) is 0 Å². The molecule has 0 aromatic rings. The van der Waals surface area contributed by atoms with E-state index in [-0.39, 0.29) is 10.0 Å². The van der Waals surface area contributed by atoms with Crippen LogP contribution in [0, 0.1) is 10.4 Å². The molecule has 8 heteroatoms. The lowest BCUT2D eigenvalue weighted by molar-refractivity contribution is -0.783. The van der Waals surface area contributed by atoms with E-state index in [9.17, 15) is 10.4 Å². The maximum absolute atomic E-state index is 10.4. The molecular formula is C6H14N4O4. The predicted octanol–water partition coefficient (Wildman–Crippen LogP) is 0.814. The van der Waals surface area contributed by atoms with E-state index < -0.39 is 0 Å². The number of nitrogens with zero attached hydrogens (tertiary/aromatic N) is 4. The summed E-state index contributed by atoms with van der Waals surface area (Å²) < 4.78 is 0. The van der Waals surface area contributed by atoms with Crippen LogP contribution in [0.5, 0.6) is 0 Å². The fourth-order valence-corrected chi connectivity index (χ4v) is 0.644. The van der Waals surface area contributed by atoms with Gasteiger partial charge in [-0.3, -0.25) is 0 Å². The molecule has 0 aliphatic rings. The summed E-state index contributed by atoms with van der Waals surface area (Å²) in [5.74, 6) is 0. The van der Waals surface area contributed by atoms with E-state index in [1.54, 1.807) is 0 Å². The first-order valence-electron chi connectivity index (χ1n) is 4.08. The fraction of sp³-hybridized carbons (Fsp3) is 1.00. The van der Waals surface area contributed by atoms with E-state index in [2.05, 4.69) is 19.9 Å². The summed E-state index contributed by atoms with van der Waals surface area (Å²) in [4.78, 5) is 8.44. The van der Waals surface area contributed by atoms with Crippen molar-refractivity contribution >= 4 is 0 Å². The van der Waals surface area contributed by atoms with Gasteiger partial charge in [0.05, 0.1) is 0 Å². The van der Waals surface area contributed by atoms with E-state index in [1.807, 2.05) is 0 Å². The minimum atomic E-state index is 0.145. The molecule has 82 valence electrons. The summed E-state index contributed by atoms with van der Waals surface area (Å²) in [6, 6.07) is 0. The van der Waals surface area contributed by atoms with Crippen molar-refractivity contribution in [3.63, 3.8) is 0 Å². The standard InChI is InChI=1S/C6H14N4O4/c1-13-9(11)7-5-3-4-6-8-10(12)14-2/h3-6H2,1-2H3. The highest BCUT2D eigenvalue weighted by Gasteiger charge is 1.95. The Kier molecular flexibility index (Phi) is 7.10. The molecule has 0 saturated carbocycles. The van der Waals surface area contributed by atoms with Crippen LogP contribution in [0.3, 0.4) is 0 Å². The van der Waals surface area contributed by atoms with Gasteiger partial charge in [0.2, 0.25) is 0 Å². The predicted molar refractivity (Wildman–Crippen MR) is 45.1 cm³/mol. The van der Waals surface area contributed by atoms with E-state index in [0.29, 0.717) is 25.9 Å². The Labute approximate surface area is 81.5 Å². The maximum atomic E-state index is 10.4. The Bertz CT molecular complexity index is 184. The molecule has 14 heavy (non-hydrogen) atoms. The average Bonchev–Trinajstić information content (AvgIpc) is 2.22. The molecule has 0 rings (SSSR count). The van der Waals surface area contributed by atoms with Crippen molar-refractivity contribution < 1.29 is 19.7 Å². The average molecular weight is 206 g/mol. The molecule has 0 unspecified atom stereocenters. The van der Waals surface area contributed by atoms with Crippen LogP contribution in [0.15, 0.2) is 10.2 Å². The second-order valence-corrected chi connectivity index (χ2v) is 2.28. The van der Waals surface area contributed by atoms with Crippen LogP contribution in [-0.2, 0) is 9.68 Å². The molecule has 0 fully saturated rings. The third-order valence-corrected chi connectivity index (χ3v) is 1.31. The van der Waals surface area contributed by atoms with Gasteiger partial charge in [0, 0.05) is 24.4 Å². The first kappa shape index (κ1) is 12.4. The molecule has 0 radical (unpaired) electrons. The van der Waals surface area contributed by atoms with Crippen molar-refractivity contribution in [3.8, 4) is 0 Å². The molecule has 0 atom stereocenters. The molecule has 0 heterocycles. The van der Waals surface area contributed by atoms with Crippen LogP contribution < -0.4 is 0 Å². The van der Waals surface area contributed by atoms with E-state index in [1.165, 1.54) is 14.2 Å². The van der Waals surface area contributed by atoms with Crippen LogP contribution in [-0.4, -0.2) is 37.4 Å². The molecular weight excluding hydrogens is 192 g/mol. The number of rotatable bonds is 7. The van der Waals surface area contributed by atoms with Crippen LogP contribution in [0.25, 0.3) is 0 Å². The Hall–Kier alpha value is -1.60. The van der Waals surface area contributed by atoms with Gasteiger partial charge < -0.3 is 9.68 Å². The van der Waals surface area contributed by atoms with Gasteiger partial charge in [-0.05, 0) is 12.8 Å². The zero-order valence-electron chi connectivity index (χ0n) is 8.25. The minimum absolute atomic E-state index is 0.145. The van der Waals surface area contributed by atoms with Crippen molar-refractivity contribution in [3.05, 3.63) is 10.4 Å². The van der Waals surface area contributed by atoms with E-state index in [4.69, 9.17) is 0 Å². The molecule has 0 aromatic heterocycles. The smallest absolute Gasteiger partial charge is 0.168 e. The molecule has 0 N–H and O–H groups in total. The first-order chi connectivity index (χ1) is 6.70. The van der Waals surface area contributed by atoms with Gasteiger partial charge in [0.15, 0.2) is 10.0 Å². The SMILES string of the molecule is CO[N+]([O-])=NCCCCN=[N+]([O-])OC. The van der Waals surface area contributed by atoms with Crippen molar-refractivity contribution in [2.45, 2.75) is 12.8 Å². The maximum Gasteiger partial charge on any atom is 0.168 e. The normalized spacial score (nSPS) is 12.7. The van der Waals surface area contributed by atoms with Gasteiger partial charge in [-0.15, -0.1) is 0 Å². The van der Waals surface area contributed by atoms with E-state index >= 15 is 0 Å². The first-order valence-corrected chi connectivity index (χ1v) is 4.08. The monoisotopic (exact) mass is 206 g/mol. The second-order valence-electron chi connectivity index (χ2n) is 2.28. The van der Waals surface area contributed by atoms with Gasteiger partial charge >= 0.3 is 0 Å². The Morgan fingerprint density at radius 1 is 0.929 bits per heavy atom. The minimum Gasteiger partial charge on any atom is -0.384 e. The lowest BCUT2D eigenvalue weighted by atomic mass is 10.3. The fourth-order valence-electron chi connectivity index (χ4n) is 0.644. The van der Waals surface area contributed by atoms with E-state index in [0.717, 1.165) is 0 Å². The van der Waals surface area contributed by atoms with Gasteiger partial charge in [-0.25, -0.2) is 10.4 Å². The summed E-state index contributed by atoms with van der Waals surface area (Å²) in [6.45, 7) is 0.692. The molecule has 0 saturated heterocycles. The third kappa shape index (κ3) is 7.07. The van der Waals surface area contributed by atoms with Gasteiger partial charge in [-0.2, -0.15) is 0 Å². The lowest BCUT2D eigenvalue weighted by Gasteiger charge is -1.93. The number of hydrogen-bond acceptors (Lipinski definition) is 6. The largest absolute Gasteiger partial charge is 0.384 e. The molecule has 0 aliphatic heterocycles. The van der Waals surface area contributed by atoms with Gasteiger partial charge in [0.1, 0.15) is 13.1 Å². The Morgan fingerprint density at radius 3 is 1.57 bits per heavy atom. The highest BCUT2D eigenvalue weighted by atomic mass is 16.9. The summed E-state index contributed by atoms with van der Waals surface area (Å²) >= 11 is 0. The molecule has 0 amide bonds. The van der Waals surface area contributed by atoms with Crippen molar-refractivity contribution in [2.24, 2.45) is 10.2 Å². The summed E-state index contributed by atoms with van der Waals surface area (Å²) in [5, 5.41) is 28.1. The zero-order valence-corrected chi connectivity index (χ0v) is 8.25. The number of unbranched alkanes of at least 4 members (excludes halogenated alkanes) is 1. The van der Waals surface area contributed by atoms with Crippen LogP contribution in [0.2, 0.25) is 0 Å². The van der Waals surface area contributed by atoms with Crippen molar-refractivity contribution in [1.82, 2.24) is 0 Å². The van der Waals surface area contributed by atoms with Gasteiger partial charge in [0.25, 0.3) is 0 Å². The molecule has 0 aliphatic carbocycles. The zero-order chi connectivity index (χ0) is 10.8.